The van der Waals surface area contributed by atoms with Crippen LogP contribution in [-0.2, 0) is 4.74 Å². The molecular formula is C11H17N5O2. The molecule has 1 atom stereocenters. The largest absolute Gasteiger partial charge is 0.383 e. The zero-order valence-corrected chi connectivity index (χ0v) is 10.5. The maximum absolute atomic E-state index is 11.4. The molecule has 2 aromatic rings. The van der Waals surface area contributed by atoms with Gasteiger partial charge in [-0.2, -0.15) is 9.61 Å². The molecule has 0 fully saturated rings. The van der Waals surface area contributed by atoms with Crippen molar-refractivity contribution in [1.29, 1.82) is 0 Å². The van der Waals surface area contributed by atoms with E-state index in [2.05, 4.69) is 27.5 Å². The Bertz CT molecular complexity index is 556. The molecule has 0 amide bonds. The first kappa shape index (κ1) is 12.6. The van der Waals surface area contributed by atoms with Crippen LogP contribution in [0.25, 0.3) is 5.65 Å². The number of aromatic amines is 1. The summed E-state index contributed by atoms with van der Waals surface area (Å²) in [7, 11) is 1.67. The van der Waals surface area contributed by atoms with Crippen LogP contribution in [0.2, 0.25) is 0 Å². The zero-order chi connectivity index (χ0) is 13.0. The van der Waals surface area contributed by atoms with Gasteiger partial charge in [0.15, 0.2) is 5.65 Å². The van der Waals surface area contributed by atoms with Gasteiger partial charge in [0.1, 0.15) is 5.82 Å². The van der Waals surface area contributed by atoms with Crippen molar-refractivity contribution in [2.24, 2.45) is 0 Å². The van der Waals surface area contributed by atoms with E-state index in [0.717, 1.165) is 12.8 Å². The fourth-order valence-corrected chi connectivity index (χ4v) is 1.84. The third kappa shape index (κ3) is 2.67. The number of hydrogen-bond donors (Lipinski definition) is 2. The molecule has 0 aliphatic rings. The zero-order valence-electron chi connectivity index (χ0n) is 10.5. The van der Waals surface area contributed by atoms with Crippen molar-refractivity contribution in [2.45, 2.75) is 25.8 Å². The highest BCUT2D eigenvalue weighted by atomic mass is 16.5. The molecule has 0 aromatic carbocycles. The summed E-state index contributed by atoms with van der Waals surface area (Å²) in [5.74, 6) is 0.640. The summed E-state index contributed by atoms with van der Waals surface area (Å²) in [5.41, 5.74) is 0.164. The van der Waals surface area contributed by atoms with E-state index in [1.54, 1.807) is 19.2 Å². The van der Waals surface area contributed by atoms with E-state index in [9.17, 15) is 4.79 Å². The number of fused-ring (bicyclic) bond motifs is 1. The second kappa shape index (κ2) is 5.63. The van der Waals surface area contributed by atoms with Gasteiger partial charge < -0.3 is 10.1 Å². The Labute approximate surface area is 104 Å². The quantitative estimate of drug-likeness (QED) is 0.787. The molecule has 0 saturated heterocycles. The van der Waals surface area contributed by atoms with Crippen LogP contribution in [0, 0.1) is 0 Å². The van der Waals surface area contributed by atoms with E-state index in [4.69, 9.17) is 4.74 Å². The topological polar surface area (TPSA) is 84.3 Å². The van der Waals surface area contributed by atoms with E-state index in [-0.39, 0.29) is 11.7 Å². The lowest BCUT2D eigenvalue weighted by molar-refractivity contribution is 0.182. The molecule has 2 rings (SSSR count). The van der Waals surface area contributed by atoms with E-state index in [1.807, 2.05) is 0 Å². The smallest absolute Gasteiger partial charge is 0.364 e. The van der Waals surface area contributed by atoms with Gasteiger partial charge in [0.25, 0.3) is 0 Å². The van der Waals surface area contributed by atoms with Crippen molar-refractivity contribution < 1.29 is 4.74 Å². The van der Waals surface area contributed by atoms with Gasteiger partial charge in [0.2, 0.25) is 0 Å². The third-order valence-corrected chi connectivity index (χ3v) is 2.63. The van der Waals surface area contributed by atoms with Crippen LogP contribution in [0.3, 0.4) is 0 Å². The van der Waals surface area contributed by atoms with Crippen LogP contribution < -0.4 is 11.0 Å². The lowest BCUT2D eigenvalue weighted by Gasteiger charge is -2.17. The molecule has 2 N–H and O–H groups in total. The minimum atomic E-state index is -0.340. The van der Waals surface area contributed by atoms with Crippen molar-refractivity contribution in [1.82, 2.24) is 19.8 Å². The molecule has 0 radical (unpaired) electrons. The van der Waals surface area contributed by atoms with Gasteiger partial charge in [0, 0.05) is 7.11 Å². The number of methoxy groups -OCH3 is 1. The first-order chi connectivity index (χ1) is 8.74. The number of ether oxygens (including phenoxy) is 1. The maximum Gasteiger partial charge on any atom is 0.364 e. The molecule has 98 valence electrons. The van der Waals surface area contributed by atoms with Gasteiger partial charge in [-0.1, -0.05) is 13.3 Å². The van der Waals surface area contributed by atoms with Crippen LogP contribution in [0.5, 0.6) is 0 Å². The predicted octanol–water partition coefficient (Wildman–Crippen LogP) is 0.645. The van der Waals surface area contributed by atoms with Gasteiger partial charge >= 0.3 is 5.69 Å². The molecular weight excluding hydrogens is 234 g/mol. The fraction of sp³-hybridized carbons (Fsp3) is 0.545. The van der Waals surface area contributed by atoms with Crippen molar-refractivity contribution >= 4 is 11.5 Å². The third-order valence-electron chi connectivity index (χ3n) is 2.63. The molecule has 0 bridgehead atoms. The van der Waals surface area contributed by atoms with Gasteiger partial charge in [0.05, 0.1) is 12.6 Å². The van der Waals surface area contributed by atoms with E-state index in [0.29, 0.717) is 18.1 Å². The van der Waals surface area contributed by atoms with E-state index < -0.39 is 0 Å². The monoisotopic (exact) mass is 251 g/mol. The number of anilines is 1. The Morgan fingerprint density at radius 1 is 1.56 bits per heavy atom. The maximum atomic E-state index is 11.4. The summed E-state index contributed by atoms with van der Waals surface area (Å²) in [4.78, 5) is 11.4. The number of H-pyrrole nitrogens is 1. The van der Waals surface area contributed by atoms with Gasteiger partial charge in [-0.05, 0) is 18.6 Å². The molecule has 0 saturated carbocycles. The Balaban J connectivity index is 2.19. The average molecular weight is 251 g/mol. The summed E-state index contributed by atoms with van der Waals surface area (Å²) >= 11 is 0. The highest BCUT2D eigenvalue weighted by molar-refractivity contribution is 5.43. The Hall–Kier alpha value is -1.89. The minimum Gasteiger partial charge on any atom is -0.383 e. The van der Waals surface area contributed by atoms with Gasteiger partial charge in [-0.25, -0.2) is 9.89 Å². The molecule has 2 heterocycles. The minimum absolute atomic E-state index is 0.188. The predicted molar refractivity (Wildman–Crippen MR) is 67.8 cm³/mol. The van der Waals surface area contributed by atoms with E-state index >= 15 is 0 Å². The molecule has 0 aliphatic heterocycles. The van der Waals surface area contributed by atoms with Crippen molar-refractivity contribution in [3.63, 3.8) is 0 Å². The Morgan fingerprint density at radius 3 is 3.11 bits per heavy atom. The highest BCUT2D eigenvalue weighted by Gasteiger charge is 2.09. The van der Waals surface area contributed by atoms with Gasteiger partial charge in [-0.3, -0.25) is 0 Å². The summed E-state index contributed by atoms with van der Waals surface area (Å²) in [5, 5.41) is 13.6. The van der Waals surface area contributed by atoms with Crippen molar-refractivity contribution in [2.75, 3.05) is 19.0 Å². The van der Waals surface area contributed by atoms with Crippen LogP contribution >= 0.6 is 0 Å². The molecule has 0 spiro atoms. The first-order valence-corrected chi connectivity index (χ1v) is 5.94. The van der Waals surface area contributed by atoms with Crippen LogP contribution in [0.4, 0.5) is 5.82 Å². The SMILES string of the molecule is CCCC(COC)Nc1ccc2n[nH]c(=O)n2n1. The van der Waals surface area contributed by atoms with Crippen LogP contribution in [0.15, 0.2) is 16.9 Å². The number of rotatable bonds is 6. The average Bonchev–Trinajstić information content (AvgIpc) is 2.72. The van der Waals surface area contributed by atoms with Gasteiger partial charge in [-0.15, -0.1) is 5.10 Å². The number of nitrogens with one attached hydrogen (secondary N) is 2. The Morgan fingerprint density at radius 2 is 2.39 bits per heavy atom. The normalized spacial score (nSPS) is 12.8. The number of nitrogens with zero attached hydrogens (tertiary/aromatic N) is 3. The van der Waals surface area contributed by atoms with E-state index in [1.165, 1.54) is 4.52 Å². The summed E-state index contributed by atoms with van der Waals surface area (Å²) in [6.45, 7) is 2.72. The lowest BCUT2D eigenvalue weighted by Crippen LogP contribution is -2.26. The second-order valence-corrected chi connectivity index (χ2v) is 4.10. The molecule has 1 unspecified atom stereocenters. The standard InChI is InChI=1S/C11H17N5O2/c1-3-4-8(7-18-2)12-9-5-6-10-13-14-11(17)16(10)15-9/h5-6,8H,3-4,7H2,1-2H3,(H,12,15)(H,14,17). The molecule has 2 aromatic heterocycles. The summed E-state index contributed by atoms with van der Waals surface area (Å²) in [6, 6.07) is 3.73. The highest BCUT2D eigenvalue weighted by Crippen LogP contribution is 2.08. The first-order valence-electron chi connectivity index (χ1n) is 5.94. The lowest BCUT2D eigenvalue weighted by atomic mass is 10.2. The van der Waals surface area contributed by atoms with Crippen molar-refractivity contribution in [3.8, 4) is 0 Å². The molecule has 18 heavy (non-hydrogen) atoms. The van der Waals surface area contributed by atoms with Crippen LogP contribution in [0.1, 0.15) is 19.8 Å². The molecule has 7 heteroatoms. The molecule has 0 aliphatic carbocycles. The van der Waals surface area contributed by atoms with Crippen molar-refractivity contribution in [3.05, 3.63) is 22.6 Å². The fourth-order valence-electron chi connectivity index (χ4n) is 1.84. The second-order valence-electron chi connectivity index (χ2n) is 4.10. The molecule has 7 nitrogen and oxygen atoms in total. The summed E-state index contributed by atoms with van der Waals surface area (Å²) in [6.07, 6.45) is 2.03. The Kier molecular flexibility index (Phi) is 3.93. The summed E-state index contributed by atoms with van der Waals surface area (Å²) < 4.78 is 6.38. The number of hydrogen-bond acceptors (Lipinski definition) is 5. The number of aromatic nitrogens is 4. The van der Waals surface area contributed by atoms with Crippen LogP contribution in [-0.4, -0.2) is 39.6 Å².